The van der Waals surface area contributed by atoms with Gasteiger partial charge in [0.1, 0.15) is 6.61 Å². The first kappa shape index (κ1) is 14.8. The van der Waals surface area contributed by atoms with Gasteiger partial charge in [-0.1, -0.05) is 6.92 Å². The number of nitrogens with one attached hydrogen (secondary N) is 1. The molecule has 2 unspecified atom stereocenters. The molecule has 0 radical (unpaired) electrons. The molecule has 0 aromatic rings. The van der Waals surface area contributed by atoms with Crippen LogP contribution in [0.25, 0.3) is 0 Å². The Balaban J connectivity index is 1.56. The van der Waals surface area contributed by atoms with E-state index < -0.39 is 0 Å². The highest BCUT2D eigenvalue weighted by Crippen LogP contribution is 2.28. The summed E-state index contributed by atoms with van der Waals surface area (Å²) in [6.45, 7) is 8.55. The highest BCUT2D eigenvalue weighted by molar-refractivity contribution is 5.77. The van der Waals surface area contributed by atoms with Gasteiger partial charge in [0.2, 0.25) is 5.91 Å². The van der Waals surface area contributed by atoms with Crippen LogP contribution < -0.4 is 5.32 Å². The van der Waals surface area contributed by atoms with E-state index in [1.807, 2.05) is 0 Å². The van der Waals surface area contributed by atoms with Crippen molar-refractivity contribution in [3.8, 4) is 0 Å². The molecule has 1 saturated carbocycles. The number of hydrogen-bond acceptors (Lipinski definition) is 3. The standard InChI is InChI=1S/C15H28N2O2/c1-12-4-3-7-17(9-12)13(2)8-16-15(18)11-19-10-14-5-6-14/h12-14H,3-11H2,1-2H3,(H,16,18). The minimum Gasteiger partial charge on any atom is -0.371 e. The molecule has 2 atom stereocenters. The smallest absolute Gasteiger partial charge is 0.246 e. The van der Waals surface area contributed by atoms with Gasteiger partial charge in [-0.3, -0.25) is 9.69 Å². The molecule has 110 valence electrons. The molecule has 4 heteroatoms. The van der Waals surface area contributed by atoms with Crippen LogP contribution in [0.2, 0.25) is 0 Å². The fraction of sp³-hybridized carbons (Fsp3) is 0.933. The quantitative estimate of drug-likeness (QED) is 0.763. The first-order chi connectivity index (χ1) is 9.15. The molecule has 1 aliphatic heterocycles. The van der Waals surface area contributed by atoms with E-state index >= 15 is 0 Å². The van der Waals surface area contributed by atoms with Crippen molar-refractivity contribution >= 4 is 5.91 Å². The van der Waals surface area contributed by atoms with E-state index in [0.717, 1.165) is 31.5 Å². The lowest BCUT2D eigenvalue weighted by molar-refractivity contribution is -0.126. The number of piperidine rings is 1. The molecule has 0 aromatic carbocycles. The summed E-state index contributed by atoms with van der Waals surface area (Å²) in [5, 5.41) is 2.98. The van der Waals surface area contributed by atoms with Crippen LogP contribution in [0.15, 0.2) is 0 Å². The van der Waals surface area contributed by atoms with Gasteiger partial charge in [-0.25, -0.2) is 0 Å². The zero-order valence-corrected chi connectivity index (χ0v) is 12.4. The van der Waals surface area contributed by atoms with E-state index in [1.165, 1.54) is 32.2 Å². The molecule has 1 amide bonds. The molecule has 1 heterocycles. The summed E-state index contributed by atoms with van der Waals surface area (Å²) in [5.74, 6) is 1.54. The zero-order chi connectivity index (χ0) is 13.7. The van der Waals surface area contributed by atoms with Crippen LogP contribution in [0.5, 0.6) is 0 Å². The number of amides is 1. The van der Waals surface area contributed by atoms with Crippen LogP contribution in [-0.4, -0.2) is 49.7 Å². The molecular weight excluding hydrogens is 240 g/mol. The van der Waals surface area contributed by atoms with Gasteiger partial charge in [0.25, 0.3) is 0 Å². The lowest BCUT2D eigenvalue weighted by Crippen LogP contribution is -2.46. The van der Waals surface area contributed by atoms with E-state index in [9.17, 15) is 4.79 Å². The molecule has 1 saturated heterocycles. The number of hydrogen-bond donors (Lipinski definition) is 1. The van der Waals surface area contributed by atoms with Crippen molar-refractivity contribution in [2.45, 2.75) is 45.6 Å². The first-order valence-electron chi connectivity index (χ1n) is 7.73. The second kappa shape index (κ2) is 7.25. The normalized spacial score (nSPS) is 26.1. The number of nitrogens with zero attached hydrogens (tertiary/aromatic N) is 1. The Hall–Kier alpha value is -0.610. The minimum absolute atomic E-state index is 0.0255. The number of carbonyl (C=O) groups is 1. The molecular formula is C15H28N2O2. The lowest BCUT2D eigenvalue weighted by Gasteiger charge is -2.35. The molecule has 1 N–H and O–H groups in total. The third kappa shape index (κ3) is 5.49. The number of carbonyl (C=O) groups excluding carboxylic acids is 1. The molecule has 1 aliphatic carbocycles. The summed E-state index contributed by atoms with van der Waals surface area (Å²) >= 11 is 0. The Morgan fingerprint density at radius 3 is 2.89 bits per heavy atom. The van der Waals surface area contributed by atoms with Crippen molar-refractivity contribution in [2.24, 2.45) is 11.8 Å². The fourth-order valence-corrected chi connectivity index (χ4v) is 2.67. The first-order valence-corrected chi connectivity index (χ1v) is 7.73. The Bertz CT molecular complexity index is 292. The average molecular weight is 268 g/mol. The largest absolute Gasteiger partial charge is 0.371 e. The number of likely N-dealkylation sites (tertiary alicyclic amines) is 1. The van der Waals surface area contributed by atoms with Crippen LogP contribution in [-0.2, 0) is 9.53 Å². The summed E-state index contributed by atoms with van der Waals surface area (Å²) in [6.07, 6.45) is 5.16. The molecule has 4 nitrogen and oxygen atoms in total. The number of rotatable bonds is 7. The Morgan fingerprint density at radius 1 is 1.42 bits per heavy atom. The summed E-state index contributed by atoms with van der Waals surface area (Å²) in [7, 11) is 0. The summed E-state index contributed by atoms with van der Waals surface area (Å²) in [4.78, 5) is 14.1. The Morgan fingerprint density at radius 2 is 2.21 bits per heavy atom. The highest BCUT2D eigenvalue weighted by atomic mass is 16.5. The second-order valence-corrected chi connectivity index (χ2v) is 6.35. The van der Waals surface area contributed by atoms with Gasteiger partial charge in [0.15, 0.2) is 0 Å². The van der Waals surface area contributed by atoms with E-state index in [4.69, 9.17) is 4.74 Å². The average Bonchev–Trinajstić information content (AvgIpc) is 3.20. The van der Waals surface area contributed by atoms with Crippen molar-refractivity contribution in [2.75, 3.05) is 32.8 Å². The van der Waals surface area contributed by atoms with Gasteiger partial charge in [-0.05, 0) is 51.0 Å². The lowest BCUT2D eigenvalue weighted by atomic mass is 9.99. The predicted molar refractivity (Wildman–Crippen MR) is 76.0 cm³/mol. The van der Waals surface area contributed by atoms with E-state index in [2.05, 4.69) is 24.1 Å². The van der Waals surface area contributed by atoms with Crippen molar-refractivity contribution in [1.29, 1.82) is 0 Å². The molecule has 0 aromatic heterocycles. The third-order valence-electron chi connectivity index (χ3n) is 4.19. The SMILES string of the molecule is CC1CCCN(C(C)CNC(=O)COCC2CC2)C1. The van der Waals surface area contributed by atoms with E-state index in [1.54, 1.807) is 0 Å². The van der Waals surface area contributed by atoms with Gasteiger partial charge in [-0.15, -0.1) is 0 Å². The van der Waals surface area contributed by atoms with Crippen LogP contribution in [0.3, 0.4) is 0 Å². The summed E-state index contributed by atoms with van der Waals surface area (Å²) < 4.78 is 5.39. The van der Waals surface area contributed by atoms with Crippen LogP contribution in [0.1, 0.15) is 39.5 Å². The van der Waals surface area contributed by atoms with Crippen molar-refractivity contribution in [1.82, 2.24) is 10.2 Å². The maximum absolute atomic E-state index is 11.6. The summed E-state index contributed by atoms with van der Waals surface area (Å²) in [6, 6.07) is 0.426. The predicted octanol–water partition coefficient (Wildman–Crippen LogP) is 1.65. The fourth-order valence-electron chi connectivity index (χ4n) is 2.67. The molecule has 2 rings (SSSR count). The molecule has 2 aliphatic rings. The maximum atomic E-state index is 11.6. The van der Waals surface area contributed by atoms with Gasteiger partial charge in [0.05, 0.1) is 6.61 Å². The minimum atomic E-state index is 0.0255. The van der Waals surface area contributed by atoms with Crippen molar-refractivity contribution in [3.63, 3.8) is 0 Å². The number of ether oxygens (including phenoxy) is 1. The van der Waals surface area contributed by atoms with Gasteiger partial charge in [0, 0.05) is 19.1 Å². The molecule has 19 heavy (non-hydrogen) atoms. The van der Waals surface area contributed by atoms with Crippen molar-refractivity contribution in [3.05, 3.63) is 0 Å². The van der Waals surface area contributed by atoms with Gasteiger partial charge >= 0.3 is 0 Å². The maximum Gasteiger partial charge on any atom is 0.246 e. The van der Waals surface area contributed by atoms with Crippen LogP contribution in [0.4, 0.5) is 0 Å². The second-order valence-electron chi connectivity index (χ2n) is 6.35. The Kier molecular flexibility index (Phi) is 5.64. The third-order valence-corrected chi connectivity index (χ3v) is 4.19. The van der Waals surface area contributed by atoms with E-state index in [-0.39, 0.29) is 12.5 Å². The summed E-state index contributed by atoms with van der Waals surface area (Å²) in [5.41, 5.74) is 0. The van der Waals surface area contributed by atoms with E-state index in [0.29, 0.717) is 6.04 Å². The monoisotopic (exact) mass is 268 g/mol. The van der Waals surface area contributed by atoms with Crippen LogP contribution >= 0.6 is 0 Å². The zero-order valence-electron chi connectivity index (χ0n) is 12.4. The molecule has 2 fully saturated rings. The molecule has 0 bridgehead atoms. The highest BCUT2D eigenvalue weighted by Gasteiger charge is 2.22. The van der Waals surface area contributed by atoms with Crippen molar-refractivity contribution < 1.29 is 9.53 Å². The Labute approximate surface area is 116 Å². The van der Waals surface area contributed by atoms with Crippen LogP contribution in [0, 0.1) is 11.8 Å². The molecule has 0 spiro atoms. The topological polar surface area (TPSA) is 41.6 Å². The van der Waals surface area contributed by atoms with Gasteiger partial charge in [-0.2, -0.15) is 0 Å². The van der Waals surface area contributed by atoms with Gasteiger partial charge < -0.3 is 10.1 Å².